The Bertz CT molecular complexity index is 1060. The molecule has 0 aliphatic heterocycles. The number of carbonyl (C=O) groups is 2. The molecule has 27 heavy (non-hydrogen) atoms. The van der Waals surface area contributed by atoms with Gasteiger partial charge in [0.1, 0.15) is 12.1 Å². The second-order valence-corrected chi connectivity index (χ2v) is 6.69. The molecule has 0 bridgehead atoms. The maximum atomic E-state index is 12.5. The smallest absolute Gasteiger partial charge is 0.263 e. The van der Waals surface area contributed by atoms with Crippen LogP contribution in [-0.4, -0.2) is 32.9 Å². The van der Waals surface area contributed by atoms with E-state index in [4.69, 9.17) is 0 Å². The van der Waals surface area contributed by atoms with E-state index in [0.29, 0.717) is 18.2 Å². The van der Waals surface area contributed by atoms with Crippen molar-refractivity contribution in [1.29, 1.82) is 0 Å². The van der Waals surface area contributed by atoms with Crippen molar-refractivity contribution in [3.05, 3.63) is 58.8 Å². The molecule has 3 N–H and O–H groups in total. The van der Waals surface area contributed by atoms with Crippen LogP contribution in [0.2, 0.25) is 0 Å². The number of H-pyrrole nitrogens is 1. The van der Waals surface area contributed by atoms with Crippen molar-refractivity contribution in [3.8, 4) is 0 Å². The SMILES string of the molecule is O=C(Cn1cccc(C(=O)NCC2CC2)c1=O)Nc1ccc2nc[nH]c2c1. The van der Waals surface area contributed by atoms with Crippen molar-refractivity contribution in [3.63, 3.8) is 0 Å². The Labute approximate surface area is 154 Å². The number of rotatable bonds is 6. The molecular formula is C19H19N5O3. The van der Waals surface area contributed by atoms with Crippen LogP contribution >= 0.6 is 0 Å². The van der Waals surface area contributed by atoms with Crippen LogP contribution in [0, 0.1) is 5.92 Å². The van der Waals surface area contributed by atoms with Gasteiger partial charge in [0.2, 0.25) is 5.91 Å². The second-order valence-electron chi connectivity index (χ2n) is 6.69. The van der Waals surface area contributed by atoms with Crippen molar-refractivity contribution in [2.75, 3.05) is 11.9 Å². The van der Waals surface area contributed by atoms with Crippen LogP contribution in [0.3, 0.4) is 0 Å². The molecule has 1 aliphatic carbocycles. The summed E-state index contributed by atoms with van der Waals surface area (Å²) in [7, 11) is 0. The highest BCUT2D eigenvalue weighted by atomic mass is 16.2. The number of fused-ring (bicyclic) bond motifs is 1. The average Bonchev–Trinajstić information content (AvgIpc) is 3.37. The first kappa shape index (κ1) is 17.0. The van der Waals surface area contributed by atoms with Crippen molar-refractivity contribution in [2.45, 2.75) is 19.4 Å². The van der Waals surface area contributed by atoms with Crippen LogP contribution in [0.5, 0.6) is 0 Å². The molecule has 2 amide bonds. The third-order valence-electron chi connectivity index (χ3n) is 4.53. The fraction of sp³-hybridized carbons (Fsp3) is 0.263. The molecule has 138 valence electrons. The van der Waals surface area contributed by atoms with E-state index in [0.717, 1.165) is 23.9 Å². The summed E-state index contributed by atoms with van der Waals surface area (Å²) in [4.78, 5) is 44.1. The number of benzene rings is 1. The van der Waals surface area contributed by atoms with Crippen molar-refractivity contribution < 1.29 is 9.59 Å². The molecule has 1 saturated carbocycles. The summed E-state index contributed by atoms with van der Waals surface area (Å²) in [6.45, 7) is 0.410. The van der Waals surface area contributed by atoms with E-state index in [2.05, 4.69) is 20.6 Å². The van der Waals surface area contributed by atoms with E-state index >= 15 is 0 Å². The topological polar surface area (TPSA) is 109 Å². The highest BCUT2D eigenvalue weighted by Gasteiger charge is 2.22. The van der Waals surface area contributed by atoms with Gasteiger partial charge >= 0.3 is 0 Å². The van der Waals surface area contributed by atoms with Gasteiger partial charge in [0.15, 0.2) is 0 Å². The minimum Gasteiger partial charge on any atom is -0.352 e. The largest absolute Gasteiger partial charge is 0.352 e. The molecule has 0 unspecified atom stereocenters. The molecule has 4 rings (SSSR count). The van der Waals surface area contributed by atoms with E-state index in [-0.39, 0.29) is 18.0 Å². The molecule has 0 spiro atoms. The highest BCUT2D eigenvalue weighted by Crippen LogP contribution is 2.27. The fourth-order valence-electron chi connectivity index (χ4n) is 2.86. The number of anilines is 1. The Hall–Kier alpha value is -3.42. The van der Waals surface area contributed by atoms with Crippen molar-refractivity contribution >= 4 is 28.5 Å². The molecule has 3 aromatic rings. The number of aromatic amines is 1. The first-order valence-electron chi connectivity index (χ1n) is 8.81. The minimum atomic E-state index is -0.482. The standard InChI is InChI=1S/C19H19N5O3/c25-17(23-13-5-6-15-16(8-13)22-11-21-15)10-24-7-1-2-14(19(24)27)18(26)20-9-12-3-4-12/h1-2,5-8,11-12H,3-4,9-10H2,(H,20,26)(H,21,22)(H,23,25). The third kappa shape index (κ3) is 3.89. The number of nitrogens with one attached hydrogen (secondary N) is 3. The number of amides is 2. The van der Waals surface area contributed by atoms with Crippen LogP contribution in [0.4, 0.5) is 5.69 Å². The van der Waals surface area contributed by atoms with Gasteiger partial charge in [-0.15, -0.1) is 0 Å². The monoisotopic (exact) mass is 365 g/mol. The summed E-state index contributed by atoms with van der Waals surface area (Å²) < 4.78 is 1.23. The molecule has 2 heterocycles. The maximum absolute atomic E-state index is 12.5. The van der Waals surface area contributed by atoms with Gasteiger partial charge < -0.3 is 20.2 Å². The second kappa shape index (κ2) is 7.06. The van der Waals surface area contributed by atoms with Gasteiger partial charge in [-0.2, -0.15) is 0 Å². The number of nitrogens with zero attached hydrogens (tertiary/aromatic N) is 2. The van der Waals surface area contributed by atoms with Gasteiger partial charge in [0, 0.05) is 18.4 Å². The number of imidazole rings is 1. The molecule has 0 atom stereocenters. The molecule has 2 aromatic heterocycles. The minimum absolute atomic E-state index is 0.0461. The fourth-order valence-corrected chi connectivity index (χ4v) is 2.86. The Morgan fingerprint density at radius 3 is 2.93 bits per heavy atom. The van der Waals surface area contributed by atoms with Gasteiger partial charge in [-0.25, -0.2) is 4.98 Å². The van der Waals surface area contributed by atoms with E-state index < -0.39 is 11.5 Å². The quantitative estimate of drug-likeness (QED) is 0.615. The number of carbonyl (C=O) groups excluding carboxylic acids is 2. The maximum Gasteiger partial charge on any atom is 0.263 e. The molecule has 0 saturated heterocycles. The lowest BCUT2D eigenvalue weighted by Gasteiger charge is -2.09. The predicted molar refractivity (Wildman–Crippen MR) is 100 cm³/mol. The zero-order valence-electron chi connectivity index (χ0n) is 14.6. The van der Waals surface area contributed by atoms with Crippen LogP contribution in [0.25, 0.3) is 11.0 Å². The van der Waals surface area contributed by atoms with E-state index in [1.54, 1.807) is 30.6 Å². The van der Waals surface area contributed by atoms with Crippen LogP contribution in [0.1, 0.15) is 23.2 Å². The number of hydrogen-bond acceptors (Lipinski definition) is 4. The lowest BCUT2D eigenvalue weighted by atomic mass is 10.2. The number of hydrogen-bond donors (Lipinski definition) is 3. The summed E-state index contributed by atoms with van der Waals surface area (Å²) in [6, 6.07) is 8.37. The molecular weight excluding hydrogens is 346 g/mol. The van der Waals surface area contributed by atoms with E-state index in [1.165, 1.54) is 16.8 Å². The Morgan fingerprint density at radius 2 is 2.11 bits per heavy atom. The van der Waals surface area contributed by atoms with E-state index in [1.807, 2.05) is 0 Å². The van der Waals surface area contributed by atoms with Gasteiger partial charge in [-0.3, -0.25) is 14.4 Å². The summed E-state index contributed by atoms with van der Waals surface area (Å²) in [5.74, 6) is -0.226. The Balaban J connectivity index is 1.44. The van der Waals surface area contributed by atoms with Gasteiger partial charge in [-0.1, -0.05) is 0 Å². The molecule has 1 aromatic carbocycles. The van der Waals surface area contributed by atoms with Gasteiger partial charge in [0.05, 0.1) is 17.4 Å². The normalized spacial score (nSPS) is 13.5. The Kier molecular flexibility index (Phi) is 4.45. The van der Waals surface area contributed by atoms with Crippen LogP contribution in [0.15, 0.2) is 47.7 Å². The summed E-state index contributed by atoms with van der Waals surface area (Å²) in [6.07, 6.45) is 5.31. The van der Waals surface area contributed by atoms with Crippen LogP contribution < -0.4 is 16.2 Å². The summed E-state index contributed by atoms with van der Waals surface area (Å²) in [5.41, 5.74) is 1.77. The third-order valence-corrected chi connectivity index (χ3v) is 4.53. The van der Waals surface area contributed by atoms with E-state index in [9.17, 15) is 14.4 Å². The lowest BCUT2D eigenvalue weighted by molar-refractivity contribution is -0.116. The summed E-state index contributed by atoms with van der Waals surface area (Å²) >= 11 is 0. The average molecular weight is 365 g/mol. The first-order chi connectivity index (χ1) is 13.1. The molecule has 1 aliphatic rings. The Morgan fingerprint density at radius 1 is 1.26 bits per heavy atom. The van der Waals surface area contributed by atoms with Gasteiger partial charge in [-0.05, 0) is 49.1 Å². The number of pyridine rings is 1. The van der Waals surface area contributed by atoms with Crippen molar-refractivity contribution in [1.82, 2.24) is 19.9 Å². The van der Waals surface area contributed by atoms with Crippen molar-refractivity contribution in [2.24, 2.45) is 5.92 Å². The number of aromatic nitrogens is 3. The predicted octanol–water partition coefficient (Wildman–Crippen LogP) is 1.50. The highest BCUT2D eigenvalue weighted by molar-refractivity contribution is 5.94. The molecule has 8 nitrogen and oxygen atoms in total. The molecule has 8 heteroatoms. The van der Waals surface area contributed by atoms with Gasteiger partial charge in [0.25, 0.3) is 11.5 Å². The zero-order chi connectivity index (χ0) is 18.8. The summed E-state index contributed by atoms with van der Waals surface area (Å²) in [5, 5.41) is 5.52. The molecule has 0 radical (unpaired) electrons. The zero-order valence-corrected chi connectivity index (χ0v) is 14.6. The van der Waals surface area contributed by atoms with Crippen LogP contribution in [-0.2, 0) is 11.3 Å². The first-order valence-corrected chi connectivity index (χ1v) is 8.81. The lowest BCUT2D eigenvalue weighted by Crippen LogP contribution is -2.35. The molecule has 1 fully saturated rings.